The van der Waals surface area contributed by atoms with Crippen molar-refractivity contribution in [2.75, 3.05) is 0 Å². The van der Waals surface area contributed by atoms with Gasteiger partial charge in [0.2, 0.25) is 0 Å². The molecule has 0 radical (unpaired) electrons. The van der Waals surface area contributed by atoms with E-state index in [0.717, 1.165) is 24.4 Å². The van der Waals surface area contributed by atoms with Crippen molar-refractivity contribution in [2.24, 2.45) is 5.73 Å². The van der Waals surface area contributed by atoms with Gasteiger partial charge in [-0.05, 0) is 25.0 Å². The molecule has 1 fully saturated rings. The van der Waals surface area contributed by atoms with E-state index < -0.39 is 0 Å². The molecule has 0 aliphatic heterocycles. The minimum atomic E-state index is -0.276. The van der Waals surface area contributed by atoms with E-state index in [9.17, 15) is 0 Å². The van der Waals surface area contributed by atoms with E-state index in [1.165, 1.54) is 15.6 Å². The highest BCUT2D eigenvalue weighted by atomic mass is 32.1. The van der Waals surface area contributed by atoms with Gasteiger partial charge >= 0.3 is 0 Å². The van der Waals surface area contributed by atoms with Crippen molar-refractivity contribution in [1.82, 2.24) is 9.97 Å². The average Bonchev–Trinajstić information content (AvgIpc) is 3.06. The van der Waals surface area contributed by atoms with Crippen LogP contribution in [0.25, 0.3) is 21.3 Å². The Kier molecular flexibility index (Phi) is 2.25. The first-order valence-corrected chi connectivity index (χ1v) is 7.23. The summed E-state index contributed by atoms with van der Waals surface area (Å²) < 4.78 is 1.28. The number of aromatic nitrogens is 2. The number of hydrogen-bond donors (Lipinski definition) is 1. The molecule has 0 atom stereocenters. The van der Waals surface area contributed by atoms with Gasteiger partial charge in [0.15, 0.2) is 0 Å². The lowest BCUT2D eigenvalue weighted by Crippen LogP contribution is -2.22. The van der Waals surface area contributed by atoms with Crippen LogP contribution in [0.4, 0.5) is 0 Å². The molecule has 1 aromatic carbocycles. The maximum atomic E-state index is 6.18. The average molecular weight is 267 g/mol. The largest absolute Gasteiger partial charge is 0.319 e. The van der Waals surface area contributed by atoms with E-state index in [1.54, 1.807) is 11.3 Å². The van der Waals surface area contributed by atoms with E-state index in [4.69, 9.17) is 5.73 Å². The standard InChI is InChI=1S/C15H13N3S/c16-15(6-7-15)14-17-8-5-12(18-14)11-9-19-13-4-2-1-3-10(11)13/h1-5,8-9H,6-7,16H2. The monoisotopic (exact) mass is 267 g/mol. The second-order valence-corrected chi connectivity index (χ2v) is 5.98. The SMILES string of the molecule is NC1(c2nccc(-c3csc4ccccc34)n2)CC1. The third-order valence-corrected chi connectivity index (χ3v) is 4.61. The first-order valence-electron chi connectivity index (χ1n) is 6.35. The molecular weight excluding hydrogens is 254 g/mol. The van der Waals surface area contributed by atoms with Crippen LogP contribution in [0.1, 0.15) is 18.7 Å². The summed E-state index contributed by atoms with van der Waals surface area (Å²) in [6.45, 7) is 0. The van der Waals surface area contributed by atoms with E-state index in [1.807, 2.05) is 12.3 Å². The summed E-state index contributed by atoms with van der Waals surface area (Å²) in [5, 5.41) is 3.41. The lowest BCUT2D eigenvalue weighted by atomic mass is 10.1. The molecule has 19 heavy (non-hydrogen) atoms. The molecule has 2 aromatic heterocycles. The van der Waals surface area contributed by atoms with Gasteiger partial charge in [-0.25, -0.2) is 9.97 Å². The van der Waals surface area contributed by atoms with Gasteiger partial charge in [0.1, 0.15) is 5.82 Å². The summed E-state index contributed by atoms with van der Waals surface area (Å²) in [6.07, 6.45) is 3.79. The number of thiophene rings is 1. The second kappa shape index (κ2) is 3.85. The van der Waals surface area contributed by atoms with Crippen LogP contribution in [-0.4, -0.2) is 9.97 Å². The summed E-state index contributed by atoms with van der Waals surface area (Å²) in [4.78, 5) is 9.00. The van der Waals surface area contributed by atoms with Crippen LogP contribution < -0.4 is 5.73 Å². The molecule has 1 saturated carbocycles. The maximum absolute atomic E-state index is 6.18. The smallest absolute Gasteiger partial charge is 0.148 e. The van der Waals surface area contributed by atoms with E-state index >= 15 is 0 Å². The molecule has 0 spiro atoms. The molecule has 4 rings (SSSR count). The first-order chi connectivity index (χ1) is 9.26. The number of nitrogens with zero attached hydrogens (tertiary/aromatic N) is 2. The number of benzene rings is 1. The van der Waals surface area contributed by atoms with E-state index in [-0.39, 0.29) is 5.54 Å². The Balaban J connectivity index is 1.88. The van der Waals surface area contributed by atoms with Crippen LogP contribution in [0, 0.1) is 0 Å². The summed E-state index contributed by atoms with van der Waals surface area (Å²) in [5.41, 5.74) is 8.05. The van der Waals surface area contributed by atoms with Crippen molar-refractivity contribution in [2.45, 2.75) is 18.4 Å². The highest BCUT2D eigenvalue weighted by Gasteiger charge is 2.43. The topological polar surface area (TPSA) is 51.8 Å². The number of nitrogens with two attached hydrogens (primary N) is 1. The highest BCUT2D eigenvalue weighted by Crippen LogP contribution is 2.41. The van der Waals surface area contributed by atoms with Crippen molar-refractivity contribution < 1.29 is 0 Å². The molecule has 3 aromatic rings. The van der Waals surface area contributed by atoms with Gasteiger partial charge in [-0.3, -0.25) is 0 Å². The molecule has 1 aliphatic rings. The minimum absolute atomic E-state index is 0.276. The zero-order chi connectivity index (χ0) is 12.9. The summed E-state index contributed by atoms with van der Waals surface area (Å²) in [5.74, 6) is 0.778. The van der Waals surface area contributed by atoms with Crippen LogP contribution in [0.5, 0.6) is 0 Å². The van der Waals surface area contributed by atoms with Gasteiger partial charge in [0.05, 0.1) is 11.2 Å². The summed E-state index contributed by atoms with van der Waals surface area (Å²) in [7, 11) is 0. The van der Waals surface area contributed by atoms with E-state index in [0.29, 0.717) is 0 Å². The molecule has 2 heterocycles. The Morgan fingerprint density at radius 2 is 2.00 bits per heavy atom. The zero-order valence-electron chi connectivity index (χ0n) is 10.3. The second-order valence-electron chi connectivity index (χ2n) is 5.07. The Morgan fingerprint density at radius 1 is 1.16 bits per heavy atom. The summed E-state index contributed by atoms with van der Waals surface area (Å²) >= 11 is 1.75. The fourth-order valence-corrected chi connectivity index (χ4v) is 3.24. The Morgan fingerprint density at radius 3 is 2.84 bits per heavy atom. The maximum Gasteiger partial charge on any atom is 0.148 e. The first kappa shape index (κ1) is 11.1. The van der Waals surface area contributed by atoms with Crippen LogP contribution in [0.2, 0.25) is 0 Å². The third-order valence-electron chi connectivity index (χ3n) is 3.65. The number of fused-ring (bicyclic) bond motifs is 1. The van der Waals surface area contributed by atoms with Gasteiger partial charge in [0, 0.05) is 27.2 Å². The van der Waals surface area contributed by atoms with Gasteiger partial charge in [0.25, 0.3) is 0 Å². The van der Waals surface area contributed by atoms with Crippen LogP contribution in [-0.2, 0) is 5.54 Å². The molecule has 1 aliphatic carbocycles. The van der Waals surface area contributed by atoms with Gasteiger partial charge in [-0.1, -0.05) is 18.2 Å². The van der Waals surface area contributed by atoms with Crippen LogP contribution >= 0.6 is 11.3 Å². The van der Waals surface area contributed by atoms with Crippen molar-refractivity contribution in [3.63, 3.8) is 0 Å². The molecule has 94 valence electrons. The van der Waals surface area contributed by atoms with Crippen LogP contribution in [0.15, 0.2) is 41.9 Å². The Labute approximate surface area is 115 Å². The molecule has 3 nitrogen and oxygen atoms in total. The number of hydrogen-bond acceptors (Lipinski definition) is 4. The summed E-state index contributed by atoms with van der Waals surface area (Å²) in [6, 6.07) is 10.4. The lowest BCUT2D eigenvalue weighted by Gasteiger charge is -2.08. The fraction of sp³-hybridized carbons (Fsp3) is 0.200. The zero-order valence-corrected chi connectivity index (χ0v) is 11.2. The molecule has 2 N–H and O–H groups in total. The molecule has 0 saturated heterocycles. The van der Waals surface area contributed by atoms with Crippen molar-refractivity contribution >= 4 is 21.4 Å². The van der Waals surface area contributed by atoms with Crippen molar-refractivity contribution in [3.05, 3.63) is 47.7 Å². The molecule has 0 unspecified atom stereocenters. The van der Waals surface area contributed by atoms with Gasteiger partial charge in [-0.2, -0.15) is 0 Å². The Bertz CT molecular complexity index is 759. The molecular formula is C15H13N3S. The Hall–Kier alpha value is -1.78. The van der Waals surface area contributed by atoms with E-state index in [2.05, 4.69) is 39.6 Å². The minimum Gasteiger partial charge on any atom is -0.319 e. The predicted molar refractivity (Wildman–Crippen MR) is 78.0 cm³/mol. The van der Waals surface area contributed by atoms with Gasteiger partial charge in [-0.15, -0.1) is 11.3 Å². The lowest BCUT2D eigenvalue weighted by molar-refractivity contribution is 0.673. The fourth-order valence-electron chi connectivity index (χ4n) is 2.28. The molecule has 0 bridgehead atoms. The molecule has 4 heteroatoms. The predicted octanol–water partition coefficient (Wildman–Crippen LogP) is 3.31. The number of rotatable bonds is 2. The quantitative estimate of drug-likeness (QED) is 0.775. The highest BCUT2D eigenvalue weighted by molar-refractivity contribution is 7.17. The van der Waals surface area contributed by atoms with Crippen molar-refractivity contribution in [1.29, 1.82) is 0 Å². The molecule has 0 amide bonds. The van der Waals surface area contributed by atoms with Crippen molar-refractivity contribution in [3.8, 4) is 11.3 Å². The normalized spacial score (nSPS) is 16.7. The van der Waals surface area contributed by atoms with Gasteiger partial charge < -0.3 is 5.73 Å². The van der Waals surface area contributed by atoms with Crippen LogP contribution in [0.3, 0.4) is 0 Å². The third kappa shape index (κ3) is 1.76.